The summed E-state index contributed by atoms with van der Waals surface area (Å²) in [5, 5.41) is 20.6. The summed E-state index contributed by atoms with van der Waals surface area (Å²) in [4.78, 5) is 38.0. The number of ether oxygens (including phenoxy) is 1. The topological polar surface area (TPSA) is 230 Å². The van der Waals surface area contributed by atoms with Crippen molar-refractivity contribution in [3.8, 4) is 12.3 Å². The van der Waals surface area contributed by atoms with E-state index in [9.17, 15) is 33.2 Å². The summed E-state index contributed by atoms with van der Waals surface area (Å²) in [5.41, 5.74) is -2.41. The van der Waals surface area contributed by atoms with Gasteiger partial charge in [-0.3, -0.25) is 9.09 Å². The zero-order valence-corrected chi connectivity index (χ0v) is 19.4. The molecule has 7 N–H and O–H groups in total. The number of nitrogens with zero attached hydrogens (tertiary/aromatic N) is 1. The van der Waals surface area contributed by atoms with Gasteiger partial charge < -0.3 is 39.5 Å². The summed E-state index contributed by atoms with van der Waals surface area (Å²) in [7, 11) is -17.1. The number of hydrogen-bond donors (Lipinski definition) is 7. The minimum atomic E-state index is -5.81. The second-order valence-electron chi connectivity index (χ2n) is 5.99. The van der Waals surface area contributed by atoms with Crippen LogP contribution in [0.3, 0.4) is 0 Å². The summed E-state index contributed by atoms with van der Waals surface area (Å²) in [6.07, 6.45) is 0.428. The number of nitrogens with one attached hydrogen (secondary N) is 1. The molecule has 3 unspecified atom stereocenters. The van der Waals surface area contributed by atoms with Gasteiger partial charge in [0.25, 0.3) is 0 Å². The molecule has 0 bridgehead atoms. The fourth-order valence-electron chi connectivity index (χ4n) is 2.42. The van der Waals surface area contributed by atoms with Gasteiger partial charge in [0.05, 0.1) is 0 Å². The molecule has 0 aromatic carbocycles. The van der Waals surface area contributed by atoms with Crippen LogP contribution in [0, 0.1) is 27.6 Å². The molecular formula is C11H14FN2O13P3S2. The van der Waals surface area contributed by atoms with Crippen LogP contribution in [-0.2, 0) is 31.6 Å². The first-order valence-corrected chi connectivity index (χ1v) is 13.1. The average Bonchev–Trinajstić information content (AvgIpc) is 2.85. The van der Waals surface area contributed by atoms with Gasteiger partial charge in [-0.1, -0.05) is 18.1 Å². The molecule has 1 aromatic heterocycles. The van der Waals surface area contributed by atoms with Crippen molar-refractivity contribution in [3.63, 3.8) is 0 Å². The van der Waals surface area contributed by atoms with Crippen LogP contribution < -0.4 is 0 Å². The smallest absolute Gasteiger partial charge is 0.386 e. The molecule has 1 saturated heterocycles. The Morgan fingerprint density at radius 3 is 2.34 bits per heavy atom. The monoisotopic (exact) mass is 558 g/mol. The predicted molar refractivity (Wildman–Crippen MR) is 104 cm³/mol. The quantitative estimate of drug-likeness (QED) is 0.130. The second kappa shape index (κ2) is 9.51. The molecule has 0 saturated carbocycles. The zero-order chi connectivity index (χ0) is 24.7. The molecule has 0 amide bonds. The standard InChI is InChI=1S/C11H14FN2O13P3S2/c1-2-11(4-24-29(20,21)27-30(22,23)26-28(17,18)19)7(16)6(15)9(25-11)14-3-5(12)8(31)13-10(14)32/h1,3,6-7,9,15-16H,4H2,(H,20,21)(H,22,23)(H,13,31,32)(H2,17,18,19)/t6?,7-,9-,11-/m1/s1. The van der Waals surface area contributed by atoms with Crippen molar-refractivity contribution >= 4 is 47.9 Å². The van der Waals surface area contributed by atoms with Gasteiger partial charge in [0.1, 0.15) is 23.5 Å². The van der Waals surface area contributed by atoms with Gasteiger partial charge in [0, 0.05) is 6.20 Å². The molecule has 1 aliphatic heterocycles. The van der Waals surface area contributed by atoms with Crippen LogP contribution in [0.15, 0.2) is 6.20 Å². The first-order valence-electron chi connectivity index (χ1n) is 7.73. The van der Waals surface area contributed by atoms with Crippen LogP contribution in [-0.4, -0.2) is 63.8 Å². The Hall–Kier alpha value is -0.700. The lowest BCUT2D eigenvalue weighted by molar-refractivity contribution is -0.0916. The Morgan fingerprint density at radius 1 is 1.22 bits per heavy atom. The van der Waals surface area contributed by atoms with Gasteiger partial charge in [-0.25, -0.2) is 18.1 Å². The lowest BCUT2D eigenvalue weighted by atomic mass is 9.97. The molecule has 2 rings (SSSR count). The van der Waals surface area contributed by atoms with E-state index in [0.717, 1.165) is 10.8 Å². The maximum atomic E-state index is 13.8. The van der Waals surface area contributed by atoms with E-state index < -0.39 is 59.9 Å². The summed E-state index contributed by atoms with van der Waals surface area (Å²) in [5.74, 6) is 0.891. The third kappa shape index (κ3) is 6.45. The van der Waals surface area contributed by atoms with E-state index >= 15 is 0 Å². The Kier molecular flexibility index (Phi) is 8.19. The highest BCUT2D eigenvalue weighted by molar-refractivity contribution is 7.72. The first kappa shape index (κ1) is 27.5. The molecular weight excluding hydrogens is 544 g/mol. The number of aromatic nitrogens is 2. The lowest BCUT2D eigenvalue weighted by Gasteiger charge is -2.27. The molecule has 21 heteroatoms. The number of phosphoric acid groups is 3. The summed E-state index contributed by atoms with van der Waals surface area (Å²) >= 11 is 9.61. The molecule has 32 heavy (non-hydrogen) atoms. The molecule has 1 aromatic rings. The van der Waals surface area contributed by atoms with Crippen molar-refractivity contribution in [2.45, 2.75) is 24.0 Å². The number of terminal acetylenes is 1. The highest BCUT2D eigenvalue weighted by Crippen LogP contribution is 2.66. The number of phosphoric ester groups is 1. The highest BCUT2D eigenvalue weighted by Gasteiger charge is 2.56. The van der Waals surface area contributed by atoms with Crippen LogP contribution >= 0.6 is 47.9 Å². The van der Waals surface area contributed by atoms with Gasteiger partial charge in [0.2, 0.25) is 0 Å². The van der Waals surface area contributed by atoms with Crippen LogP contribution in [0.4, 0.5) is 4.39 Å². The van der Waals surface area contributed by atoms with Crippen molar-refractivity contribution < 1.29 is 65.8 Å². The number of halogens is 1. The second-order valence-corrected chi connectivity index (χ2v) is 11.2. The van der Waals surface area contributed by atoms with Crippen LogP contribution in [0.25, 0.3) is 0 Å². The molecule has 6 atom stereocenters. The maximum absolute atomic E-state index is 13.8. The minimum absolute atomic E-state index is 0.256. The van der Waals surface area contributed by atoms with Gasteiger partial charge in [-0.05, 0) is 12.2 Å². The number of rotatable bonds is 8. The van der Waals surface area contributed by atoms with E-state index in [-0.39, 0.29) is 9.41 Å². The Morgan fingerprint density at radius 2 is 1.81 bits per heavy atom. The van der Waals surface area contributed by atoms with E-state index in [2.05, 4.69) is 30.3 Å². The number of aliphatic hydroxyl groups excluding tert-OH is 2. The molecule has 0 spiro atoms. The largest absolute Gasteiger partial charge is 0.490 e. The van der Waals surface area contributed by atoms with Crippen molar-refractivity contribution in [2.75, 3.05) is 6.61 Å². The first-order chi connectivity index (χ1) is 14.4. The van der Waals surface area contributed by atoms with E-state index in [1.165, 1.54) is 0 Å². The SMILES string of the molecule is C#C[C@]1(COP(=O)(O)OP(=O)(O)OP(=O)(O)O)O[C@@H](n2cc(F)c(=S)[nH]c2=S)C(O)[C@H]1O. The lowest BCUT2D eigenvalue weighted by Crippen LogP contribution is -2.45. The molecule has 2 heterocycles. The number of H-pyrrole nitrogens is 1. The Balaban J connectivity index is 2.26. The average molecular weight is 558 g/mol. The number of aliphatic hydroxyl groups is 2. The summed E-state index contributed by atoms with van der Waals surface area (Å²) in [6.45, 7) is -1.28. The van der Waals surface area contributed by atoms with Crippen LogP contribution in [0.5, 0.6) is 0 Å². The fraction of sp³-hybridized carbons (Fsp3) is 0.455. The van der Waals surface area contributed by atoms with Gasteiger partial charge in [-0.15, -0.1) is 6.42 Å². The third-order valence-electron chi connectivity index (χ3n) is 3.73. The van der Waals surface area contributed by atoms with Crippen LogP contribution in [0.2, 0.25) is 0 Å². The fourth-order valence-corrected chi connectivity index (χ4v) is 5.94. The molecule has 0 radical (unpaired) electrons. The molecule has 180 valence electrons. The van der Waals surface area contributed by atoms with Crippen molar-refractivity contribution in [1.29, 1.82) is 0 Å². The molecule has 0 aliphatic carbocycles. The van der Waals surface area contributed by atoms with Gasteiger partial charge >= 0.3 is 23.5 Å². The van der Waals surface area contributed by atoms with Crippen molar-refractivity contribution in [1.82, 2.24) is 9.55 Å². The van der Waals surface area contributed by atoms with Gasteiger partial charge in [0.15, 0.2) is 22.4 Å². The van der Waals surface area contributed by atoms with E-state index in [0.29, 0.717) is 0 Å². The minimum Gasteiger partial charge on any atom is -0.386 e. The van der Waals surface area contributed by atoms with E-state index in [1.807, 2.05) is 5.92 Å². The number of hydrogen-bond acceptors (Lipinski definition) is 11. The highest BCUT2D eigenvalue weighted by atomic mass is 32.1. The third-order valence-corrected chi connectivity index (χ3v) is 8.12. The summed E-state index contributed by atoms with van der Waals surface area (Å²) < 4.78 is 64.7. The van der Waals surface area contributed by atoms with E-state index in [4.69, 9.17) is 38.1 Å². The molecule has 1 aliphatic rings. The van der Waals surface area contributed by atoms with Crippen molar-refractivity contribution in [2.24, 2.45) is 0 Å². The van der Waals surface area contributed by atoms with Gasteiger partial charge in [-0.2, -0.15) is 8.62 Å². The predicted octanol–water partition coefficient (Wildman–Crippen LogP) is 0.380. The normalized spacial score (nSPS) is 29.8. The number of aromatic amines is 1. The Labute approximate surface area is 187 Å². The molecule has 1 fully saturated rings. The Bertz CT molecular complexity index is 1190. The van der Waals surface area contributed by atoms with Crippen LogP contribution in [0.1, 0.15) is 6.23 Å². The van der Waals surface area contributed by atoms with E-state index in [1.54, 1.807) is 0 Å². The summed E-state index contributed by atoms with van der Waals surface area (Å²) in [6, 6.07) is 0. The molecule has 15 nitrogen and oxygen atoms in total. The van der Waals surface area contributed by atoms with Crippen molar-refractivity contribution in [3.05, 3.63) is 21.4 Å². The zero-order valence-electron chi connectivity index (χ0n) is 15.1. The maximum Gasteiger partial charge on any atom is 0.490 e.